The van der Waals surface area contributed by atoms with Crippen LogP contribution in [0, 0.1) is 0 Å². The van der Waals surface area contributed by atoms with Crippen LogP contribution in [0.25, 0.3) is 0 Å². The highest BCUT2D eigenvalue weighted by molar-refractivity contribution is 6.30. The van der Waals surface area contributed by atoms with Gasteiger partial charge in [-0.1, -0.05) is 11.6 Å². The van der Waals surface area contributed by atoms with Gasteiger partial charge in [0.05, 0.1) is 0 Å². The number of nitrogens with one attached hydrogen (secondary N) is 1. The Morgan fingerprint density at radius 2 is 1.95 bits per heavy atom. The molecule has 0 aliphatic carbocycles. The lowest BCUT2D eigenvalue weighted by atomic mass is 9.96. The van der Waals surface area contributed by atoms with Gasteiger partial charge in [0.25, 0.3) is 0 Å². The van der Waals surface area contributed by atoms with Crippen LogP contribution in [0.4, 0.5) is 0 Å². The number of fused-ring (bicyclic) bond motifs is 1. The maximum atomic E-state index is 12.5. The maximum Gasteiger partial charge on any atom is 0.228 e. The number of amides is 1. The minimum absolute atomic E-state index is 0.0291. The summed E-state index contributed by atoms with van der Waals surface area (Å²) in [5.74, 6) is 0.752. The summed E-state index contributed by atoms with van der Waals surface area (Å²) < 4.78 is 0. The summed E-state index contributed by atoms with van der Waals surface area (Å²) in [7, 11) is 0. The Morgan fingerprint density at radius 3 is 2.68 bits per heavy atom. The Hall–Kier alpha value is -1.81. The van der Waals surface area contributed by atoms with Crippen LogP contribution in [0.2, 0.25) is 5.02 Å². The van der Waals surface area contributed by atoms with E-state index in [0.717, 1.165) is 0 Å². The molecule has 2 heterocycles. The van der Waals surface area contributed by atoms with Crippen molar-refractivity contribution in [1.82, 2.24) is 10.2 Å². The molecule has 0 unspecified atom stereocenters. The van der Waals surface area contributed by atoms with E-state index in [1.807, 2.05) is 0 Å². The van der Waals surface area contributed by atoms with E-state index < -0.39 is 0 Å². The van der Waals surface area contributed by atoms with Crippen LogP contribution in [0.5, 0.6) is 0 Å². The van der Waals surface area contributed by atoms with Gasteiger partial charge >= 0.3 is 0 Å². The molecule has 0 saturated carbocycles. The van der Waals surface area contributed by atoms with E-state index >= 15 is 0 Å². The highest BCUT2D eigenvalue weighted by Gasteiger charge is 2.33. The Labute approximate surface area is 116 Å². The van der Waals surface area contributed by atoms with Crippen LogP contribution in [-0.4, -0.2) is 29.7 Å². The first kappa shape index (κ1) is 12.2. The van der Waals surface area contributed by atoms with Gasteiger partial charge in [0.15, 0.2) is 5.78 Å². The quantitative estimate of drug-likeness (QED) is 0.840. The van der Waals surface area contributed by atoms with Gasteiger partial charge in [0, 0.05) is 35.7 Å². The first-order valence-corrected chi connectivity index (χ1v) is 6.62. The van der Waals surface area contributed by atoms with Crippen LogP contribution in [0.1, 0.15) is 23.2 Å². The molecule has 98 valence electrons. The van der Waals surface area contributed by atoms with Gasteiger partial charge in [0.2, 0.25) is 5.91 Å². The number of carbonyl (C=O) groups is 2. The summed E-state index contributed by atoms with van der Waals surface area (Å²) >= 11 is 5.82. The van der Waals surface area contributed by atoms with Crippen molar-refractivity contribution >= 4 is 23.3 Å². The van der Waals surface area contributed by atoms with Crippen molar-refractivity contribution in [3.63, 3.8) is 0 Å². The molecule has 5 heteroatoms. The van der Waals surface area contributed by atoms with Crippen molar-refractivity contribution in [2.24, 2.45) is 0 Å². The Morgan fingerprint density at radius 1 is 1.21 bits per heavy atom. The maximum absolute atomic E-state index is 12.5. The fourth-order valence-electron chi connectivity index (χ4n) is 2.49. The second-order valence-electron chi connectivity index (χ2n) is 4.64. The molecule has 1 aromatic carbocycles. The van der Waals surface area contributed by atoms with Crippen molar-refractivity contribution in [1.29, 1.82) is 0 Å². The molecule has 2 aliphatic rings. The number of Topliss-reactive ketones (excluding diaryl/α,β-unsaturated/α-hetero) is 1. The number of hydrogen-bond acceptors (Lipinski definition) is 3. The predicted molar refractivity (Wildman–Crippen MR) is 71.8 cm³/mol. The van der Waals surface area contributed by atoms with E-state index in [4.69, 9.17) is 11.6 Å². The average Bonchev–Trinajstić information content (AvgIpc) is 2.89. The van der Waals surface area contributed by atoms with Crippen molar-refractivity contribution < 1.29 is 9.59 Å². The lowest BCUT2D eigenvalue weighted by Crippen LogP contribution is -2.34. The molecule has 1 aromatic rings. The summed E-state index contributed by atoms with van der Waals surface area (Å²) in [5, 5.41) is 3.74. The molecule has 0 aromatic heterocycles. The minimum Gasteiger partial charge on any atom is -0.369 e. The van der Waals surface area contributed by atoms with Gasteiger partial charge in [0.1, 0.15) is 5.82 Å². The van der Waals surface area contributed by atoms with Crippen LogP contribution < -0.4 is 5.32 Å². The molecule has 19 heavy (non-hydrogen) atoms. The number of allylic oxidation sites excluding steroid dienone is 1. The predicted octanol–water partition coefficient (Wildman–Crippen LogP) is 1.96. The monoisotopic (exact) mass is 276 g/mol. The first-order chi connectivity index (χ1) is 9.16. The SMILES string of the molecule is O=C(C1=C2NCCN2C(=O)CC1)c1ccc(Cl)cc1. The fraction of sp³-hybridized carbons (Fsp3) is 0.286. The molecular formula is C14H13ClN2O2. The van der Waals surface area contributed by atoms with E-state index in [2.05, 4.69) is 5.32 Å². The van der Waals surface area contributed by atoms with Crippen molar-refractivity contribution in [3.8, 4) is 0 Å². The molecule has 1 saturated heterocycles. The normalized spacial score (nSPS) is 18.4. The van der Waals surface area contributed by atoms with Crippen molar-refractivity contribution in [2.45, 2.75) is 12.8 Å². The van der Waals surface area contributed by atoms with E-state index in [1.54, 1.807) is 29.2 Å². The van der Waals surface area contributed by atoms with Crippen LogP contribution >= 0.6 is 11.6 Å². The Kier molecular flexibility index (Phi) is 3.03. The van der Waals surface area contributed by atoms with E-state index in [-0.39, 0.29) is 11.7 Å². The zero-order valence-electron chi connectivity index (χ0n) is 10.3. The molecular weight excluding hydrogens is 264 g/mol. The number of hydrogen-bond donors (Lipinski definition) is 1. The number of halogens is 1. The van der Waals surface area contributed by atoms with Crippen LogP contribution in [-0.2, 0) is 4.79 Å². The van der Waals surface area contributed by atoms with Gasteiger partial charge in [-0.15, -0.1) is 0 Å². The third-order valence-corrected chi connectivity index (χ3v) is 3.71. The molecule has 0 radical (unpaired) electrons. The Bertz CT molecular complexity index is 578. The number of carbonyl (C=O) groups excluding carboxylic acids is 2. The molecule has 0 spiro atoms. The number of benzene rings is 1. The van der Waals surface area contributed by atoms with E-state index in [0.29, 0.717) is 47.9 Å². The second kappa shape index (κ2) is 4.70. The van der Waals surface area contributed by atoms with E-state index in [1.165, 1.54) is 0 Å². The lowest BCUT2D eigenvalue weighted by Gasteiger charge is -2.25. The standard InChI is InChI=1S/C14H13ClN2O2/c15-10-3-1-9(2-4-10)13(19)11-5-6-12(18)17-8-7-16-14(11)17/h1-4,16H,5-8H2. The third-order valence-electron chi connectivity index (χ3n) is 3.45. The average molecular weight is 277 g/mol. The summed E-state index contributed by atoms with van der Waals surface area (Å²) in [5.41, 5.74) is 1.30. The molecule has 1 fully saturated rings. The first-order valence-electron chi connectivity index (χ1n) is 6.24. The molecule has 1 amide bonds. The number of nitrogens with zero attached hydrogens (tertiary/aromatic N) is 1. The lowest BCUT2D eigenvalue weighted by molar-refractivity contribution is -0.129. The van der Waals surface area contributed by atoms with Crippen molar-refractivity contribution in [3.05, 3.63) is 46.2 Å². The molecule has 3 rings (SSSR count). The second-order valence-corrected chi connectivity index (χ2v) is 5.07. The highest BCUT2D eigenvalue weighted by atomic mass is 35.5. The van der Waals surface area contributed by atoms with Gasteiger partial charge < -0.3 is 5.32 Å². The summed E-state index contributed by atoms with van der Waals surface area (Å²) in [6.45, 7) is 1.35. The topological polar surface area (TPSA) is 49.4 Å². The van der Waals surface area contributed by atoms with Gasteiger partial charge in [-0.25, -0.2) is 0 Å². The van der Waals surface area contributed by atoms with Gasteiger partial charge in [-0.3, -0.25) is 14.5 Å². The van der Waals surface area contributed by atoms with E-state index in [9.17, 15) is 9.59 Å². The molecule has 0 bridgehead atoms. The third kappa shape index (κ3) is 2.12. The zero-order valence-corrected chi connectivity index (χ0v) is 11.0. The fourth-order valence-corrected chi connectivity index (χ4v) is 2.62. The van der Waals surface area contributed by atoms with Crippen LogP contribution in [0.3, 0.4) is 0 Å². The Balaban J connectivity index is 1.97. The zero-order chi connectivity index (χ0) is 13.4. The summed E-state index contributed by atoms with van der Waals surface area (Å²) in [6.07, 6.45) is 0.902. The summed E-state index contributed by atoms with van der Waals surface area (Å²) in [6, 6.07) is 6.84. The van der Waals surface area contributed by atoms with Crippen molar-refractivity contribution in [2.75, 3.05) is 13.1 Å². The summed E-state index contributed by atoms with van der Waals surface area (Å²) in [4.78, 5) is 25.9. The number of rotatable bonds is 2. The largest absolute Gasteiger partial charge is 0.369 e. The molecule has 2 aliphatic heterocycles. The minimum atomic E-state index is -0.0291. The van der Waals surface area contributed by atoms with Gasteiger partial charge in [-0.2, -0.15) is 0 Å². The smallest absolute Gasteiger partial charge is 0.228 e. The molecule has 0 atom stereocenters. The number of ketones is 1. The van der Waals surface area contributed by atoms with Gasteiger partial charge in [-0.05, 0) is 30.7 Å². The molecule has 4 nitrogen and oxygen atoms in total. The highest BCUT2D eigenvalue weighted by Crippen LogP contribution is 2.27. The molecule has 1 N–H and O–H groups in total. The van der Waals surface area contributed by atoms with Crippen LogP contribution in [0.15, 0.2) is 35.7 Å².